The Bertz CT molecular complexity index is 1020. The van der Waals surface area contributed by atoms with Crippen molar-refractivity contribution >= 4 is 23.1 Å². The predicted molar refractivity (Wildman–Crippen MR) is 114 cm³/mol. The summed E-state index contributed by atoms with van der Waals surface area (Å²) >= 11 is 0. The number of hydrogen-bond donors (Lipinski definition) is 1. The van der Waals surface area contributed by atoms with Gasteiger partial charge in [-0.25, -0.2) is 0 Å². The summed E-state index contributed by atoms with van der Waals surface area (Å²) in [7, 11) is 1.51. The fourth-order valence-corrected chi connectivity index (χ4v) is 3.27. The first-order valence-electron chi connectivity index (χ1n) is 10.2. The number of hydrogen-bond acceptors (Lipinski definition) is 6. The lowest BCUT2D eigenvalue weighted by atomic mass is 10.0. The molecule has 0 spiro atoms. The molecule has 0 aliphatic carbocycles. The molecule has 10 heteroatoms. The zero-order valence-corrected chi connectivity index (χ0v) is 18.1. The third-order valence-corrected chi connectivity index (χ3v) is 4.78. The van der Waals surface area contributed by atoms with E-state index in [9.17, 15) is 22.8 Å². The van der Waals surface area contributed by atoms with Gasteiger partial charge >= 0.3 is 6.36 Å². The Morgan fingerprint density at radius 2 is 1.58 bits per heavy atom. The third kappa shape index (κ3) is 6.04. The number of alkyl halides is 3. The van der Waals surface area contributed by atoms with Crippen molar-refractivity contribution in [2.75, 3.05) is 32.2 Å². The van der Waals surface area contributed by atoms with Crippen LogP contribution in [0.5, 0.6) is 11.5 Å². The van der Waals surface area contributed by atoms with Crippen LogP contribution in [-0.4, -0.2) is 49.9 Å². The number of ether oxygens (including phenoxy) is 3. The van der Waals surface area contributed by atoms with Crippen LogP contribution in [0.2, 0.25) is 0 Å². The number of benzene rings is 2. The maximum absolute atomic E-state index is 13.1. The summed E-state index contributed by atoms with van der Waals surface area (Å²) in [6.45, 7) is 2.94. The molecule has 1 aliphatic heterocycles. The Kier molecular flexibility index (Phi) is 7.59. The van der Waals surface area contributed by atoms with Gasteiger partial charge in [0, 0.05) is 25.4 Å². The van der Waals surface area contributed by atoms with Crippen molar-refractivity contribution in [3.63, 3.8) is 0 Å². The van der Waals surface area contributed by atoms with Crippen molar-refractivity contribution in [2.45, 2.75) is 19.7 Å². The SMILES string of the molecule is CCOCCCN1C(=O)C(Nc2ccc(OC(F)(F)F)cc2)=C(c2ccc(OC)cc2)C1=O. The summed E-state index contributed by atoms with van der Waals surface area (Å²) in [5.74, 6) is -0.817. The van der Waals surface area contributed by atoms with Crippen molar-refractivity contribution in [2.24, 2.45) is 0 Å². The molecular formula is C23H23F3N2O5. The number of halogens is 3. The van der Waals surface area contributed by atoms with Crippen molar-refractivity contribution in [3.05, 3.63) is 59.8 Å². The van der Waals surface area contributed by atoms with Gasteiger partial charge in [0.1, 0.15) is 17.2 Å². The maximum Gasteiger partial charge on any atom is 0.573 e. The number of nitrogens with one attached hydrogen (secondary N) is 1. The van der Waals surface area contributed by atoms with Gasteiger partial charge in [-0.2, -0.15) is 0 Å². The van der Waals surface area contributed by atoms with Gasteiger partial charge in [0.15, 0.2) is 0 Å². The number of amides is 2. The van der Waals surface area contributed by atoms with Crippen LogP contribution < -0.4 is 14.8 Å². The maximum atomic E-state index is 13.1. The molecule has 0 aromatic heterocycles. The molecule has 1 aliphatic rings. The Morgan fingerprint density at radius 3 is 2.15 bits per heavy atom. The van der Waals surface area contributed by atoms with Crippen LogP contribution in [0.25, 0.3) is 5.57 Å². The highest BCUT2D eigenvalue weighted by atomic mass is 19.4. The van der Waals surface area contributed by atoms with Crippen molar-refractivity contribution in [1.29, 1.82) is 0 Å². The normalized spacial score (nSPS) is 14.2. The molecule has 33 heavy (non-hydrogen) atoms. The Labute approximate surface area is 188 Å². The van der Waals surface area contributed by atoms with Gasteiger partial charge in [0.25, 0.3) is 11.8 Å². The van der Waals surface area contributed by atoms with Crippen LogP contribution in [0.15, 0.2) is 54.2 Å². The van der Waals surface area contributed by atoms with Gasteiger partial charge in [-0.05, 0) is 55.3 Å². The minimum atomic E-state index is -4.81. The van der Waals surface area contributed by atoms with Crippen LogP contribution in [0.1, 0.15) is 18.9 Å². The van der Waals surface area contributed by atoms with E-state index in [4.69, 9.17) is 9.47 Å². The second kappa shape index (κ2) is 10.4. The molecule has 0 saturated heterocycles. The first-order chi connectivity index (χ1) is 15.7. The zero-order valence-electron chi connectivity index (χ0n) is 18.1. The Balaban J connectivity index is 1.89. The average molecular weight is 464 g/mol. The average Bonchev–Trinajstić information content (AvgIpc) is 3.01. The Morgan fingerprint density at radius 1 is 0.939 bits per heavy atom. The van der Waals surface area contributed by atoms with Gasteiger partial charge in [0.05, 0.1) is 12.7 Å². The second-order valence-electron chi connectivity index (χ2n) is 6.99. The van der Waals surface area contributed by atoms with Gasteiger partial charge in [-0.15, -0.1) is 13.2 Å². The lowest BCUT2D eigenvalue weighted by molar-refractivity contribution is -0.274. The van der Waals surface area contributed by atoms with E-state index in [1.54, 1.807) is 24.3 Å². The van der Waals surface area contributed by atoms with Crippen LogP contribution in [0.3, 0.4) is 0 Å². The van der Waals surface area contributed by atoms with E-state index in [0.29, 0.717) is 36.6 Å². The summed E-state index contributed by atoms with van der Waals surface area (Å²) in [5.41, 5.74) is 1.02. The van der Waals surface area contributed by atoms with Crippen LogP contribution >= 0.6 is 0 Å². The molecule has 0 radical (unpaired) electrons. The molecule has 1 N–H and O–H groups in total. The van der Waals surface area contributed by atoms with E-state index in [0.717, 1.165) is 17.0 Å². The molecule has 2 aromatic rings. The van der Waals surface area contributed by atoms with E-state index >= 15 is 0 Å². The highest BCUT2D eigenvalue weighted by Crippen LogP contribution is 2.32. The quantitative estimate of drug-likeness (QED) is 0.419. The van der Waals surface area contributed by atoms with E-state index < -0.39 is 23.9 Å². The first kappa shape index (κ1) is 24.1. The highest BCUT2D eigenvalue weighted by molar-refractivity contribution is 6.36. The summed E-state index contributed by atoms with van der Waals surface area (Å²) in [6.07, 6.45) is -4.34. The number of imide groups is 1. The van der Waals surface area contributed by atoms with E-state index in [2.05, 4.69) is 10.1 Å². The molecule has 176 valence electrons. The van der Waals surface area contributed by atoms with E-state index in [1.165, 1.54) is 19.2 Å². The molecule has 1 heterocycles. The largest absolute Gasteiger partial charge is 0.573 e. The monoisotopic (exact) mass is 464 g/mol. The molecule has 7 nitrogen and oxygen atoms in total. The van der Waals surface area contributed by atoms with Crippen molar-refractivity contribution in [3.8, 4) is 11.5 Å². The van der Waals surface area contributed by atoms with Gasteiger partial charge in [0.2, 0.25) is 0 Å². The summed E-state index contributed by atoms with van der Waals surface area (Å²) in [4.78, 5) is 27.4. The molecule has 0 unspecified atom stereocenters. The molecule has 2 aromatic carbocycles. The van der Waals surface area contributed by atoms with Crippen LogP contribution in [-0.2, 0) is 14.3 Å². The zero-order chi connectivity index (χ0) is 24.0. The highest BCUT2D eigenvalue weighted by Gasteiger charge is 2.39. The number of methoxy groups -OCH3 is 1. The van der Waals surface area contributed by atoms with Crippen LogP contribution in [0.4, 0.5) is 18.9 Å². The first-order valence-corrected chi connectivity index (χ1v) is 10.2. The van der Waals surface area contributed by atoms with Gasteiger partial charge < -0.3 is 19.5 Å². The van der Waals surface area contributed by atoms with E-state index in [1.807, 2.05) is 6.92 Å². The minimum absolute atomic E-state index is 0.0334. The number of nitrogens with zero attached hydrogens (tertiary/aromatic N) is 1. The van der Waals surface area contributed by atoms with E-state index in [-0.39, 0.29) is 17.8 Å². The molecule has 0 saturated carbocycles. The topological polar surface area (TPSA) is 77.1 Å². The smallest absolute Gasteiger partial charge is 0.497 e. The molecule has 3 rings (SSSR count). The Hall–Kier alpha value is -3.53. The van der Waals surface area contributed by atoms with Gasteiger partial charge in [-0.3, -0.25) is 14.5 Å². The van der Waals surface area contributed by atoms with Crippen molar-refractivity contribution in [1.82, 2.24) is 4.90 Å². The molecule has 0 atom stereocenters. The minimum Gasteiger partial charge on any atom is -0.497 e. The summed E-state index contributed by atoms with van der Waals surface area (Å²) in [5, 5.41) is 2.89. The number of anilines is 1. The fraction of sp³-hybridized carbons (Fsp3) is 0.304. The lowest BCUT2D eigenvalue weighted by Crippen LogP contribution is -2.34. The molecule has 0 fully saturated rings. The number of rotatable bonds is 10. The lowest BCUT2D eigenvalue weighted by Gasteiger charge is -2.15. The number of carbonyl (C=O) groups excluding carboxylic acids is 2. The van der Waals surface area contributed by atoms with Crippen molar-refractivity contribution < 1.29 is 37.0 Å². The van der Waals surface area contributed by atoms with Gasteiger partial charge in [-0.1, -0.05) is 12.1 Å². The number of carbonyl (C=O) groups is 2. The summed E-state index contributed by atoms with van der Waals surface area (Å²) < 4.78 is 51.5. The second-order valence-corrected chi connectivity index (χ2v) is 6.99. The molecule has 0 bridgehead atoms. The van der Waals surface area contributed by atoms with Crippen LogP contribution in [0, 0.1) is 0 Å². The fourth-order valence-electron chi connectivity index (χ4n) is 3.27. The summed E-state index contributed by atoms with van der Waals surface area (Å²) in [6, 6.07) is 11.5. The molecular weight excluding hydrogens is 441 g/mol. The molecule has 2 amide bonds. The third-order valence-electron chi connectivity index (χ3n) is 4.78. The predicted octanol–water partition coefficient (Wildman–Crippen LogP) is 4.21. The standard InChI is InChI=1S/C23H23F3N2O5/c1-3-32-14-4-13-28-21(29)19(15-5-9-17(31-2)10-6-15)20(22(28)30)27-16-7-11-18(12-8-16)33-23(24,25)26/h5-12,27H,3-4,13-14H2,1-2H3.